The molecule has 4 fully saturated rings. The van der Waals surface area contributed by atoms with Gasteiger partial charge >= 0.3 is 0 Å². The van der Waals surface area contributed by atoms with E-state index in [1.807, 2.05) is 0 Å². The Labute approximate surface area is 285 Å². The van der Waals surface area contributed by atoms with Gasteiger partial charge in [-0.25, -0.2) is 0 Å². The van der Waals surface area contributed by atoms with Gasteiger partial charge in [0.15, 0.2) is 0 Å². The minimum absolute atomic E-state index is 0.756. The first-order valence-corrected chi connectivity index (χ1v) is 21.0. The molecule has 0 nitrogen and oxygen atoms in total. The van der Waals surface area contributed by atoms with E-state index >= 15 is 0 Å². The van der Waals surface area contributed by atoms with Crippen molar-refractivity contribution in [3.63, 3.8) is 0 Å². The van der Waals surface area contributed by atoms with Gasteiger partial charge in [0.1, 0.15) is 0 Å². The Morgan fingerprint density at radius 2 is 0.543 bits per heavy atom. The first kappa shape index (κ1) is 34.3. The molecule has 0 bridgehead atoms. The summed E-state index contributed by atoms with van der Waals surface area (Å²) in [5.74, 6) is 3.02. The lowest BCUT2D eigenvalue weighted by Gasteiger charge is -2.30. The van der Waals surface area contributed by atoms with Gasteiger partial charge in [-0.1, -0.05) is 153 Å². The van der Waals surface area contributed by atoms with Gasteiger partial charge in [0, 0.05) is 0 Å². The number of hydrogen-bond acceptors (Lipinski definition) is 0. The van der Waals surface area contributed by atoms with Crippen LogP contribution in [-0.2, 0) is 0 Å². The summed E-state index contributed by atoms with van der Waals surface area (Å²) < 4.78 is 0. The van der Waals surface area contributed by atoms with Crippen LogP contribution >= 0.6 is 0 Å². The van der Waals surface area contributed by atoms with Crippen LogP contribution in [-0.4, -0.2) is 0 Å². The summed E-state index contributed by atoms with van der Waals surface area (Å²) in [6.45, 7) is 5.09. The second kappa shape index (κ2) is 17.7. The van der Waals surface area contributed by atoms with Crippen molar-refractivity contribution in [3.05, 3.63) is 57.6 Å². The maximum atomic E-state index is 2.78. The van der Waals surface area contributed by atoms with Gasteiger partial charge in [-0.3, -0.25) is 0 Å². The van der Waals surface area contributed by atoms with E-state index in [1.54, 1.807) is 44.5 Å². The summed E-state index contributed by atoms with van der Waals surface area (Å²) in [5, 5.41) is 0. The molecule has 0 atom stereocenters. The molecule has 0 aromatic heterocycles. The van der Waals surface area contributed by atoms with Gasteiger partial charge in [0.2, 0.25) is 0 Å². The summed E-state index contributed by atoms with van der Waals surface area (Å²) >= 11 is 0. The highest BCUT2D eigenvalue weighted by atomic mass is 14.3. The molecule has 2 aromatic carbocycles. The summed E-state index contributed by atoms with van der Waals surface area (Å²) in [6, 6.07) is 11.1. The minimum atomic E-state index is 0.756. The average Bonchev–Trinajstić information content (AvgIpc) is 2.98. The van der Waals surface area contributed by atoms with Crippen molar-refractivity contribution < 1.29 is 0 Å². The first-order chi connectivity index (χ1) is 22.7. The molecular weight excluding hydrogens is 553 g/mol. The SMILES string of the molecule is Cc1c(-c2cc(C3CCCCCCC3)cc(C3CCCCCCC3)c2C)cc(C2CCCCCCC2)cc1C1CCCCCCC1. The van der Waals surface area contributed by atoms with Crippen LogP contribution in [0, 0.1) is 13.8 Å². The topological polar surface area (TPSA) is 0 Å². The average molecular weight is 623 g/mol. The van der Waals surface area contributed by atoms with Crippen molar-refractivity contribution in [1.82, 2.24) is 0 Å². The van der Waals surface area contributed by atoms with E-state index in [0.29, 0.717) is 0 Å². The van der Waals surface area contributed by atoms with E-state index in [4.69, 9.17) is 0 Å². The van der Waals surface area contributed by atoms with E-state index in [-0.39, 0.29) is 0 Å². The molecule has 0 heteroatoms. The molecule has 0 unspecified atom stereocenters. The van der Waals surface area contributed by atoms with Crippen molar-refractivity contribution >= 4 is 0 Å². The Morgan fingerprint density at radius 1 is 0.304 bits per heavy atom. The third-order valence-electron chi connectivity index (χ3n) is 13.5. The maximum absolute atomic E-state index is 2.78. The molecule has 4 aliphatic rings. The van der Waals surface area contributed by atoms with Crippen molar-refractivity contribution in [1.29, 1.82) is 0 Å². The fourth-order valence-corrected chi connectivity index (χ4v) is 10.5. The van der Waals surface area contributed by atoms with E-state index in [2.05, 4.69) is 38.1 Å². The molecule has 0 heterocycles. The minimum Gasteiger partial charge on any atom is -0.0549 e. The lowest BCUT2D eigenvalue weighted by molar-refractivity contribution is 0.447. The second-order valence-corrected chi connectivity index (χ2v) is 16.7. The monoisotopic (exact) mass is 623 g/mol. The molecule has 0 radical (unpaired) electrons. The van der Waals surface area contributed by atoms with Crippen LogP contribution in [0.3, 0.4) is 0 Å². The van der Waals surface area contributed by atoms with Gasteiger partial charge in [-0.15, -0.1) is 0 Å². The summed E-state index contributed by atoms with van der Waals surface area (Å²) in [5.41, 5.74) is 13.5. The zero-order chi connectivity index (χ0) is 31.6. The van der Waals surface area contributed by atoms with Gasteiger partial charge in [0.25, 0.3) is 0 Å². The smallest absolute Gasteiger partial charge is 0.0146 e. The molecule has 4 aliphatic carbocycles. The van der Waals surface area contributed by atoms with Crippen LogP contribution in [0.2, 0.25) is 0 Å². The predicted octanol–water partition coefficient (Wildman–Crippen LogP) is 15.3. The summed E-state index contributed by atoms with van der Waals surface area (Å²) in [7, 11) is 0. The molecule has 6 rings (SSSR count). The summed E-state index contributed by atoms with van der Waals surface area (Å²) in [4.78, 5) is 0. The number of rotatable bonds is 5. The predicted molar refractivity (Wildman–Crippen MR) is 202 cm³/mol. The lowest BCUT2D eigenvalue weighted by Crippen LogP contribution is -2.11. The highest BCUT2D eigenvalue weighted by Gasteiger charge is 2.26. The molecular formula is C46H70. The molecule has 254 valence electrons. The zero-order valence-corrected chi connectivity index (χ0v) is 30.4. The van der Waals surface area contributed by atoms with Crippen LogP contribution in [0.1, 0.15) is 237 Å². The highest BCUT2D eigenvalue weighted by Crippen LogP contribution is 2.45. The molecule has 2 aromatic rings. The van der Waals surface area contributed by atoms with E-state index in [1.165, 1.54) is 180 Å². The van der Waals surface area contributed by atoms with Crippen LogP contribution in [0.25, 0.3) is 11.1 Å². The van der Waals surface area contributed by atoms with Crippen LogP contribution in [0.15, 0.2) is 24.3 Å². The zero-order valence-electron chi connectivity index (χ0n) is 30.4. The molecule has 46 heavy (non-hydrogen) atoms. The number of hydrogen-bond donors (Lipinski definition) is 0. The van der Waals surface area contributed by atoms with Crippen LogP contribution < -0.4 is 0 Å². The molecule has 0 saturated heterocycles. The third kappa shape index (κ3) is 8.91. The van der Waals surface area contributed by atoms with Gasteiger partial charge in [-0.05, 0) is 133 Å². The normalized spacial score (nSPS) is 23.3. The Hall–Kier alpha value is -1.56. The van der Waals surface area contributed by atoms with Gasteiger partial charge in [0.05, 0.1) is 0 Å². The van der Waals surface area contributed by atoms with Crippen LogP contribution in [0.5, 0.6) is 0 Å². The maximum Gasteiger partial charge on any atom is -0.0146 e. The Morgan fingerprint density at radius 3 is 0.826 bits per heavy atom. The van der Waals surface area contributed by atoms with Crippen molar-refractivity contribution in [2.45, 2.75) is 217 Å². The highest BCUT2D eigenvalue weighted by molar-refractivity contribution is 5.75. The lowest BCUT2D eigenvalue weighted by atomic mass is 9.75. The largest absolute Gasteiger partial charge is 0.0549 e. The van der Waals surface area contributed by atoms with Gasteiger partial charge < -0.3 is 0 Å². The fourth-order valence-electron chi connectivity index (χ4n) is 10.5. The van der Waals surface area contributed by atoms with Crippen molar-refractivity contribution in [2.24, 2.45) is 0 Å². The quantitative estimate of drug-likeness (QED) is 0.311. The molecule has 0 spiro atoms. The van der Waals surface area contributed by atoms with Crippen molar-refractivity contribution in [3.8, 4) is 11.1 Å². The Kier molecular flexibility index (Phi) is 13.2. The fraction of sp³-hybridized carbons (Fsp3) is 0.739. The van der Waals surface area contributed by atoms with E-state index in [9.17, 15) is 0 Å². The first-order valence-electron chi connectivity index (χ1n) is 21.0. The second-order valence-electron chi connectivity index (χ2n) is 16.7. The molecule has 0 amide bonds. The van der Waals surface area contributed by atoms with E-state index in [0.717, 1.165) is 23.7 Å². The molecule has 0 aliphatic heterocycles. The number of benzene rings is 2. The summed E-state index contributed by atoms with van der Waals surface area (Å²) in [6.07, 6.45) is 40.0. The Bertz CT molecular complexity index is 1090. The van der Waals surface area contributed by atoms with Crippen LogP contribution in [0.4, 0.5) is 0 Å². The van der Waals surface area contributed by atoms with Crippen molar-refractivity contribution in [2.75, 3.05) is 0 Å². The Balaban J connectivity index is 1.48. The third-order valence-corrected chi connectivity index (χ3v) is 13.5. The molecule has 0 N–H and O–H groups in total. The standard InChI is InChI=1S/C46H70/c1-35-43(39-27-19-11-5-12-20-28-39)31-41(37-23-15-7-3-8-16-24-37)33-45(35)46-34-42(38-25-17-9-4-10-18-26-38)32-44(36(46)2)40-29-21-13-6-14-22-30-40/h31-34,37-40H,3-30H2,1-2H3. The van der Waals surface area contributed by atoms with E-state index < -0.39 is 0 Å². The molecule has 4 saturated carbocycles. The van der Waals surface area contributed by atoms with Gasteiger partial charge in [-0.2, -0.15) is 0 Å².